The summed E-state index contributed by atoms with van der Waals surface area (Å²) < 4.78 is 16.3. The molecule has 13 nitrogen and oxygen atoms in total. The van der Waals surface area contributed by atoms with Crippen LogP contribution in [0, 0.1) is 0 Å². The highest BCUT2D eigenvalue weighted by Gasteiger charge is 2.66. The van der Waals surface area contributed by atoms with Gasteiger partial charge in [0.15, 0.2) is 17.7 Å². The van der Waals surface area contributed by atoms with E-state index in [9.17, 15) is 28.8 Å². The van der Waals surface area contributed by atoms with Crippen molar-refractivity contribution in [2.75, 3.05) is 40.4 Å². The SMILES string of the molecule is COc1ccc(Cl)cc1C(=O)CCCCN1CCC23C(=O)N(CCCCC(=O)c4cc(Cl)ccc4OC)C(=O)N2OC(=O)/C=C\C(=O)OC3C1. The molecule has 266 valence electrons. The maximum atomic E-state index is 14.1. The van der Waals surface area contributed by atoms with Crippen LogP contribution in [0.2, 0.25) is 10.0 Å². The van der Waals surface area contributed by atoms with E-state index in [1.54, 1.807) is 30.3 Å². The molecule has 0 bridgehead atoms. The Kier molecular flexibility index (Phi) is 11.8. The Morgan fingerprint density at radius 2 is 1.38 bits per heavy atom. The van der Waals surface area contributed by atoms with E-state index in [2.05, 4.69) is 0 Å². The summed E-state index contributed by atoms with van der Waals surface area (Å²) in [6.45, 7) is 0.844. The molecule has 50 heavy (non-hydrogen) atoms. The van der Waals surface area contributed by atoms with E-state index >= 15 is 0 Å². The first-order valence-electron chi connectivity index (χ1n) is 16.2. The monoisotopic (exact) mass is 729 g/mol. The van der Waals surface area contributed by atoms with Crippen LogP contribution in [0.4, 0.5) is 4.79 Å². The first-order chi connectivity index (χ1) is 24.0. The van der Waals surface area contributed by atoms with E-state index in [0.29, 0.717) is 65.0 Å². The van der Waals surface area contributed by atoms with Crippen LogP contribution in [0.15, 0.2) is 48.6 Å². The highest BCUT2D eigenvalue weighted by Crippen LogP contribution is 2.40. The number of carbonyl (C=O) groups excluding carboxylic acids is 6. The Labute approximate surface area is 298 Å². The van der Waals surface area contributed by atoms with Crippen molar-refractivity contribution in [1.29, 1.82) is 0 Å². The van der Waals surface area contributed by atoms with Crippen molar-refractivity contribution in [2.24, 2.45) is 0 Å². The smallest absolute Gasteiger partial charge is 0.361 e. The standard InChI is InChI=1S/C35H37Cl2N3O10/c1-47-28-11-9-22(36)19-24(28)26(41)7-3-5-16-38-18-15-35-30(21-38)49-31(43)13-14-32(44)50-40(35)34(46)39(33(35)45)17-6-4-8-27(42)25-20-23(37)10-12-29(25)48-2/h9-14,19-20,30H,3-8,15-18,21H2,1-2H3/b14-13-. The Morgan fingerprint density at radius 3 is 1.96 bits per heavy atom. The average Bonchev–Trinajstić information content (AvgIpc) is 3.32. The fourth-order valence-corrected chi connectivity index (χ4v) is 6.81. The summed E-state index contributed by atoms with van der Waals surface area (Å²) >= 11 is 12.1. The molecule has 2 aromatic carbocycles. The summed E-state index contributed by atoms with van der Waals surface area (Å²) in [6.07, 6.45) is 2.72. The van der Waals surface area contributed by atoms with Crippen LogP contribution in [0.25, 0.3) is 0 Å². The first-order valence-corrected chi connectivity index (χ1v) is 17.0. The Hall–Kier alpha value is -4.46. The minimum absolute atomic E-state index is 0.0188. The molecule has 0 aliphatic carbocycles. The number of amides is 3. The molecule has 2 fully saturated rings. The second-order valence-corrected chi connectivity index (χ2v) is 13.0. The van der Waals surface area contributed by atoms with Crippen LogP contribution in [0.1, 0.15) is 65.7 Å². The van der Waals surface area contributed by atoms with E-state index in [1.807, 2.05) is 4.90 Å². The molecule has 0 saturated carbocycles. The molecule has 3 aliphatic heterocycles. The Balaban J connectivity index is 1.23. The number of piperidine rings is 1. The zero-order valence-electron chi connectivity index (χ0n) is 27.7. The van der Waals surface area contributed by atoms with E-state index in [0.717, 1.165) is 22.1 Å². The molecule has 2 unspecified atom stereocenters. The van der Waals surface area contributed by atoms with Gasteiger partial charge in [-0.15, -0.1) is 5.06 Å². The molecule has 3 aliphatic rings. The number of benzene rings is 2. The molecule has 3 heterocycles. The fraction of sp³-hybridized carbons (Fsp3) is 0.429. The molecule has 2 atom stereocenters. The van der Waals surface area contributed by atoms with Crippen molar-refractivity contribution in [3.63, 3.8) is 0 Å². The second-order valence-electron chi connectivity index (χ2n) is 12.1. The minimum atomic E-state index is -1.77. The highest BCUT2D eigenvalue weighted by molar-refractivity contribution is 6.31. The molecule has 5 rings (SSSR count). The van der Waals surface area contributed by atoms with Gasteiger partial charge >= 0.3 is 18.0 Å². The number of carbonyl (C=O) groups is 6. The highest BCUT2D eigenvalue weighted by atomic mass is 35.5. The second kappa shape index (κ2) is 16.0. The number of imide groups is 1. The predicted molar refractivity (Wildman–Crippen MR) is 180 cm³/mol. The number of urea groups is 1. The van der Waals surface area contributed by atoms with Crippen LogP contribution >= 0.6 is 23.2 Å². The van der Waals surface area contributed by atoms with Crippen LogP contribution in [-0.4, -0.2) is 102 Å². The lowest BCUT2D eigenvalue weighted by Crippen LogP contribution is -2.66. The molecule has 0 radical (unpaired) electrons. The summed E-state index contributed by atoms with van der Waals surface area (Å²) in [4.78, 5) is 87.1. The largest absolute Gasteiger partial charge is 0.496 e. The van der Waals surface area contributed by atoms with Gasteiger partial charge in [0, 0.05) is 54.7 Å². The van der Waals surface area contributed by atoms with Gasteiger partial charge in [0.2, 0.25) is 5.54 Å². The maximum Gasteiger partial charge on any atom is 0.361 e. The van der Waals surface area contributed by atoms with Gasteiger partial charge in [0.05, 0.1) is 25.3 Å². The number of Topliss-reactive ketones (excluding diaryl/α,β-unsaturated/α-hetero) is 2. The van der Waals surface area contributed by atoms with E-state index in [-0.39, 0.29) is 50.3 Å². The lowest BCUT2D eigenvalue weighted by Gasteiger charge is -2.45. The topological polar surface area (TPSA) is 149 Å². The number of ketones is 2. The van der Waals surface area contributed by atoms with Gasteiger partial charge in [-0.2, -0.15) is 0 Å². The number of rotatable bonds is 14. The normalized spacial score (nSPS) is 21.3. The molecular weight excluding hydrogens is 693 g/mol. The molecule has 0 aromatic heterocycles. The molecule has 2 saturated heterocycles. The van der Waals surface area contributed by atoms with E-state index in [4.69, 9.17) is 42.3 Å². The van der Waals surface area contributed by atoms with Crippen molar-refractivity contribution < 1.29 is 47.8 Å². The Bertz CT molecular complexity index is 1720. The molecule has 0 N–H and O–H groups in total. The number of hydrogen-bond acceptors (Lipinski definition) is 11. The van der Waals surface area contributed by atoms with Gasteiger partial charge in [-0.3, -0.25) is 24.2 Å². The summed E-state index contributed by atoms with van der Waals surface area (Å²) in [5.74, 6) is -2.01. The van der Waals surface area contributed by atoms with Crippen LogP contribution in [0.3, 0.4) is 0 Å². The molecule has 2 aromatic rings. The van der Waals surface area contributed by atoms with E-state index in [1.165, 1.54) is 20.3 Å². The number of methoxy groups -OCH3 is 2. The van der Waals surface area contributed by atoms with Gasteiger partial charge in [-0.1, -0.05) is 23.2 Å². The fourth-order valence-electron chi connectivity index (χ4n) is 6.46. The third-order valence-electron chi connectivity index (χ3n) is 9.03. The lowest BCUT2D eigenvalue weighted by atomic mass is 9.83. The van der Waals surface area contributed by atoms with Gasteiger partial charge in [-0.05, 0) is 75.0 Å². The van der Waals surface area contributed by atoms with Crippen molar-refractivity contribution in [2.45, 2.75) is 56.6 Å². The van der Waals surface area contributed by atoms with Crippen LogP contribution < -0.4 is 9.47 Å². The summed E-state index contributed by atoms with van der Waals surface area (Å²) in [5.41, 5.74) is -1.03. The predicted octanol–water partition coefficient (Wildman–Crippen LogP) is 5.07. The summed E-state index contributed by atoms with van der Waals surface area (Å²) in [5, 5.41) is 1.57. The number of halogens is 2. The molecule has 3 amide bonds. The first kappa shape index (κ1) is 36.8. The third kappa shape index (κ3) is 7.79. The van der Waals surface area contributed by atoms with Crippen molar-refractivity contribution >= 4 is 58.6 Å². The van der Waals surface area contributed by atoms with Gasteiger partial charge in [0.25, 0.3) is 5.91 Å². The van der Waals surface area contributed by atoms with Gasteiger partial charge in [-0.25, -0.2) is 14.4 Å². The van der Waals surface area contributed by atoms with Gasteiger partial charge in [0.1, 0.15) is 11.5 Å². The lowest BCUT2D eigenvalue weighted by molar-refractivity contribution is -0.211. The van der Waals surface area contributed by atoms with Gasteiger partial charge < -0.3 is 19.0 Å². The Morgan fingerprint density at radius 1 is 0.820 bits per heavy atom. The number of hydrogen-bond donors (Lipinski definition) is 0. The molecule has 15 heteroatoms. The third-order valence-corrected chi connectivity index (χ3v) is 9.50. The number of likely N-dealkylation sites (tertiary alicyclic amines) is 1. The number of hydroxylamine groups is 2. The van der Waals surface area contributed by atoms with Crippen molar-refractivity contribution in [3.8, 4) is 11.5 Å². The average molecular weight is 731 g/mol. The zero-order valence-corrected chi connectivity index (χ0v) is 29.2. The minimum Gasteiger partial charge on any atom is -0.496 e. The number of nitrogens with zero attached hydrogens (tertiary/aromatic N) is 3. The van der Waals surface area contributed by atoms with Crippen LogP contribution in [-0.2, 0) is 24.0 Å². The van der Waals surface area contributed by atoms with Crippen LogP contribution in [0.5, 0.6) is 11.5 Å². The van der Waals surface area contributed by atoms with Crippen molar-refractivity contribution in [3.05, 3.63) is 69.7 Å². The molecular formula is C35H37Cl2N3O10. The van der Waals surface area contributed by atoms with Crippen molar-refractivity contribution in [1.82, 2.24) is 14.9 Å². The number of esters is 1. The summed E-state index contributed by atoms with van der Waals surface area (Å²) in [7, 11) is 2.93. The number of unbranched alkanes of at least 4 members (excludes halogenated alkanes) is 2. The quantitative estimate of drug-likeness (QED) is 0.111. The maximum absolute atomic E-state index is 14.1. The zero-order chi connectivity index (χ0) is 36.0. The molecule has 1 spiro atoms. The number of ether oxygens (including phenoxy) is 3. The summed E-state index contributed by atoms with van der Waals surface area (Å²) in [6, 6.07) is 8.75. The van der Waals surface area contributed by atoms with E-state index < -0.39 is 35.5 Å².